The molecule has 0 aromatic carbocycles. The Morgan fingerprint density at radius 1 is 0.315 bits per heavy atom. The van der Waals surface area contributed by atoms with Gasteiger partial charge in [-0.3, -0.25) is 37.3 Å². The highest BCUT2D eigenvalue weighted by molar-refractivity contribution is 7.47. The van der Waals surface area contributed by atoms with E-state index in [9.17, 15) is 43.2 Å². The quantitative estimate of drug-likeness (QED) is 0.0169. The van der Waals surface area contributed by atoms with E-state index >= 15 is 0 Å². The van der Waals surface area contributed by atoms with Crippen LogP contribution in [0.2, 0.25) is 0 Å². The first-order valence-electron chi connectivity index (χ1n) is 36.1. The lowest BCUT2D eigenvalue weighted by molar-refractivity contribution is -0.161. The molecule has 19 heteroatoms. The second-order valence-corrected chi connectivity index (χ2v) is 27.5. The lowest BCUT2D eigenvalue weighted by Crippen LogP contribution is -2.30. The fraction of sp³-hybridized carbons (Fsp3) is 0.886. The first-order valence-corrected chi connectivity index (χ1v) is 39.1. The zero-order chi connectivity index (χ0) is 65.4. The number of rotatable bonds is 69. The van der Waals surface area contributed by atoms with Gasteiger partial charge in [0.1, 0.15) is 19.3 Å². The number of ether oxygens (including phenoxy) is 4. The molecule has 3 N–H and O–H groups in total. The molecule has 0 saturated heterocycles. The SMILES string of the molecule is CCCCCC/C=C\C=C/CCCCCCCC(=O)OC[C@H](COP(=O)(O)OC[C@@H](O)COP(=O)(O)OC[C@@H](COC(=O)CCCCCCC)OC(=O)CCCCCCCCCCCCCC)OC(=O)CCCCCCCCCCCCCCCCCCC. The third-order valence-corrected chi connectivity index (χ3v) is 17.6. The maximum Gasteiger partial charge on any atom is 0.472 e. The van der Waals surface area contributed by atoms with E-state index in [-0.39, 0.29) is 25.7 Å². The number of phosphoric ester groups is 2. The van der Waals surface area contributed by atoms with Crippen LogP contribution >= 0.6 is 15.6 Å². The molecule has 0 heterocycles. The topological polar surface area (TPSA) is 237 Å². The van der Waals surface area contributed by atoms with Crippen LogP contribution < -0.4 is 0 Å². The molecule has 0 bridgehead atoms. The molecule has 0 radical (unpaired) electrons. The molecule has 0 saturated carbocycles. The molecule has 17 nitrogen and oxygen atoms in total. The average Bonchev–Trinajstić information content (AvgIpc) is 3.62. The molecule has 0 amide bonds. The molecule has 89 heavy (non-hydrogen) atoms. The Balaban J connectivity index is 5.19. The fourth-order valence-electron chi connectivity index (χ4n) is 10.2. The highest BCUT2D eigenvalue weighted by Gasteiger charge is 2.30. The molecule has 0 aliphatic carbocycles. The maximum absolute atomic E-state index is 13.0. The van der Waals surface area contributed by atoms with Crippen molar-refractivity contribution in [1.82, 2.24) is 0 Å². The number of hydrogen-bond donors (Lipinski definition) is 3. The van der Waals surface area contributed by atoms with Crippen molar-refractivity contribution in [3.05, 3.63) is 24.3 Å². The average molecular weight is 1310 g/mol. The van der Waals surface area contributed by atoms with E-state index in [1.54, 1.807) is 0 Å². The Morgan fingerprint density at radius 2 is 0.539 bits per heavy atom. The second-order valence-electron chi connectivity index (χ2n) is 24.6. The molecule has 5 atom stereocenters. The van der Waals surface area contributed by atoms with Crippen LogP contribution in [-0.4, -0.2) is 96.7 Å². The number of carbonyl (C=O) groups excluding carboxylic acids is 4. The van der Waals surface area contributed by atoms with E-state index in [2.05, 4.69) is 52.0 Å². The standard InChI is InChI=1S/C70H132O17P2/c1-5-9-13-17-20-23-26-29-31-32-34-36-39-42-45-49-53-57-70(75)87-66(61-81-68(73)55-51-47-43-40-38-35-33-30-27-24-21-18-14-10-6-2)63-85-89(78,79)83-59-64(71)58-82-88(76,77)84-62-65(60-80-67(72)54-50-46-16-12-8-4)86-69(74)56-52-48-44-41-37-28-25-22-19-15-11-7-3/h24,27,30,33,64-66,71H,5-23,25-26,28-29,31-32,34-63H2,1-4H3,(H,76,77)(H,78,79)/b27-24-,33-30-/t64-,65+,66+/m0/s1. The number of esters is 4. The molecular weight excluding hydrogens is 1170 g/mol. The lowest BCUT2D eigenvalue weighted by atomic mass is 10.0. The number of carbonyl (C=O) groups is 4. The smallest absolute Gasteiger partial charge is 0.462 e. The van der Waals surface area contributed by atoms with Gasteiger partial charge in [0.15, 0.2) is 12.2 Å². The van der Waals surface area contributed by atoms with Crippen LogP contribution in [0.15, 0.2) is 24.3 Å². The van der Waals surface area contributed by atoms with E-state index in [0.29, 0.717) is 25.7 Å². The Kier molecular flexibility index (Phi) is 62.5. The highest BCUT2D eigenvalue weighted by Crippen LogP contribution is 2.45. The molecule has 0 aliphatic rings. The van der Waals surface area contributed by atoms with Crippen molar-refractivity contribution in [2.45, 2.75) is 361 Å². The lowest BCUT2D eigenvalue weighted by Gasteiger charge is -2.21. The van der Waals surface area contributed by atoms with E-state index in [4.69, 9.17) is 37.0 Å². The van der Waals surface area contributed by atoms with Crippen LogP contribution in [0.25, 0.3) is 0 Å². The number of aliphatic hydroxyl groups is 1. The van der Waals surface area contributed by atoms with Crippen LogP contribution in [-0.2, 0) is 65.4 Å². The number of allylic oxidation sites excluding steroid dienone is 4. The molecule has 0 fully saturated rings. The van der Waals surface area contributed by atoms with Gasteiger partial charge in [-0.05, 0) is 51.4 Å². The minimum Gasteiger partial charge on any atom is -0.462 e. The number of hydrogen-bond acceptors (Lipinski definition) is 15. The predicted molar refractivity (Wildman–Crippen MR) is 358 cm³/mol. The van der Waals surface area contributed by atoms with Gasteiger partial charge < -0.3 is 33.8 Å². The summed E-state index contributed by atoms with van der Waals surface area (Å²) in [6.07, 6.45) is 55.2. The second kappa shape index (κ2) is 64.3. The molecule has 0 aliphatic heterocycles. The summed E-state index contributed by atoms with van der Waals surface area (Å²) in [5, 5.41) is 10.6. The van der Waals surface area contributed by atoms with Gasteiger partial charge in [0.25, 0.3) is 0 Å². The maximum atomic E-state index is 13.0. The van der Waals surface area contributed by atoms with Crippen LogP contribution in [0.1, 0.15) is 342 Å². The molecular formula is C70H132O17P2. The summed E-state index contributed by atoms with van der Waals surface area (Å²) in [6, 6.07) is 0. The van der Waals surface area contributed by atoms with E-state index in [1.807, 2.05) is 0 Å². The van der Waals surface area contributed by atoms with E-state index in [0.717, 1.165) is 116 Å². The van der Waals surface area contributed by atoms with E-state index < -0.39 is 97.5 Å². The predicted octanol–water partition coefficient (Wildman–Crippen LogP) is 19.8. The summed E-state index contributed by atoms with van der Waals surface area (Å²) in [6.45, 7) is 4.79. The molecule has 524 valence electrons. The number of phosphoric acid groups is 2. The number of aliphatic hydroxyl groups excluding tert-OH is 1. The largest absolute Gasteiger partial charge is 0.472 e. The van der Waals surface area contributed by atoms with Gasteiger partial charge >= 0.3 is 39.5 Å². The van der Waals surface area contributed by atoms with Gasteiger partial charge in [-0.25, -0.2) is 9.13 Å². The van der Waals surface area contributed by atoms with Crippen LogP contribution in [0, 0.1) is 0 Å². The van der Waals surface area contributed by atoms with Crippen LogP contribution in [0.5, 0.6) is 0 Å². The van der Waals surface area contributed by atoms with Crippen molar-refractivity contribution in [1.29, 1.82) is 0 Å². The molecule has 2 unspecified atom stereocenters. The van der Waals surface area contributed by atoms with Crippen molar-refractivity contribution in [3.8, 4) is 0 Å². The molecule has 0 aromatic heterocycles. The number of unbranched alkanes of at least 4 members (excludes halogenated alkanes) is 40. The van der Waals surface area contributed by atoms with Crippen LogP contribution in [0.3, 0.4) is 0 Å². The Bertz CT molecular complexity index is 1800. The summed E-state index contributed by atoms with van der Waals surface area (Å²) in [4.78, 5) is 72.2. The zero-order valence-electron chi connectivity index (χ0n) is 56.9. The van der Waals surface area contributed by atoms with Crippen molar-refractivity contribution in [2.24, 2.45) is 0 Å². The minimum atomic E-state index is -4.96. The van der Waals surface area contributed by atoms with Gasteiger partial charge in [-0.2, -0.15) is 0 Å². The Morgan fingerprint density at radius 3 is 0.820 bits per heavy atom. The molecule has 0 rings (SSSR count). The van der Waals surface area contributed by atoms with Gasteiger partial charge in [-0.1, -0.05) is 290 Å². The first-order chi connectivity index (χ1) is 43.2. The van der Waals surface area contributed by atoms with Crippen LogP contribution in [0.4, 0.5) is 0 Å². The summed E-state index contributed by atoms with van der Waals surface area (Å²) in [7, 11) is -9.90. The monoisotopic (exact) mass is 1310 g/mol. The van der Waals surface area contributed by atoms with Crippen molar-refractivity contribution >= 4 is 39.5 Å². The Hall–Kier alpha value is -2.46. The molecule has 0 aromatic rings. The van der Waals surface area contributed by atoms with Crippen molar-refractivity contribution < 1.29 is 80.2 Å². The zero-order valence-corrected chi connectivity index (χ0v) is 58.7. The summed E-state index contributed by atoms with van der Waals surface area (Å²) < 4.78 is 68.0. The van der Waals surface area contributed by atoms with Gasteiger partial charge in [0.05, 0.1) is 26.4 Å². The fourth-order valence-corrected chi connectivity index (χ4v) is 11.7. The third kappa shape index (κ3) is 64.1. The summed E-state index contributed by atoms with van der Waals surface area (Å²) in [5.41, 5.74) is 0. The van der Waals surface area contributed by atoms with Crippen molar-refractivity contribution in [2.75, 3.05) is 39.6 Å². The van der Waals surface area contributed by atoms with Gasteiger partial charge in [0.2, 0.25) is 0 Å². The Labute approximate surface area is 542 Å². The summed E-state index contributed by atoms with van der Waals surface area (Å²) in [5.74, 6) is -2.16. The van der Waals surface area contributed by atoms with Crippen molar-refractivity contribution in [3.63, 3.8) is 0 Å². The highest BCUT2D eigenvalue weighted by atomic mass is 31.2. The summed E-state index contributed by atoms with van der Waals surface area (Å²) >= 11 is 0. The normalized spacial score (nSPS) is 14.2. The first kappa shape index (κ1) is 86.5. The van der Waals surface area contributed by atoms with E-state index in [1.165, 1.54) is 148 Å². The van der Waals surface area contributed by atoms with Gasteiger partial charge in [-0.15, -0.1) is 0 Å². The molecule has 0 spiro atoms. The van der Waals surface area contributed by atoms with Gasteiger partial charge in [0, 0.05) is 25.7 Å². The minimum absolute atomic E-state index is 0.102. The third-order valence-electron chi connectivity index (χ3n) is 15.7.